The maximum absolute atomic E-state index is 11.8. The van der Waals surface area contributed by atoms with E-state index in [0.29, 0.717) is 18.1 Å². The standard InChI is InChI=1S/C17H16N2O2/c1-3-21-17(20)15-11(2)18-16(19-15)14-9-8-12-6-4-5-7-13(12)10-14/h4-10H,3H2,1-2H3,(H,18,19). The van der Waals surface area contributed by atoms with Gasteiger partial charge in [0.2, 0.25) is 0 Å². The van der Waals surface area contributed by atoms with Crippen molar-refractivity contribution < 1.29 is 9.53 Å². The molecule has 1 aromatic heterocycles. The number of carbonyl (C=O) groups excluding carboxylic acids is 1. The molecule has 3 aromatic rings. The number of fused-ring (bicyclic) bond motifs is 1. The van der Waals surface area contributed by atoms with Crippen LogP contribution in [0.5, 0.6) is 0 Å². The van der Waals surface area contributed by atoms with E-state index in [2.05, 4.69) is 28.2 Å². The van der Waals surface area contributed by atoms with Gasteiger partial charge in [0.1, 0.15) is 5.82 Å². The second-order valence-corrected chi connectivity index (χ2v) is 4.84. The molecule has 106 valence electrons. The van der Waals surface area contributed by atoms with Gasteiger partial charge in [0, 0.05) is 11.3 Å². The van der Waals surface area contributed by atoms with Gasteiger partial charge >= 0.3 is 5.97 Å². The summed E-state index contributed by atoms with van der Waals surface area (Å²) in [5.41, 5.74) is 2.02. The van der Waals surface area contributed by atoms with Gasteiger partial charge < -0.3 is 9.72 Å². The predicted octanol–water partition coefficient (Wildman–Crippen LogP) is 3.72. The summed E-state index contributed by atoms with van der Waals surface area (Å²) in [5.74, 6) is 0.291. The van der Waals surface area contributed by atoms with E-state index in [4.69, 9.17) is 4.74 Å². The molecule has 0 fully saturated rings. The minimum Gasteiger partial charge on any atom is -0.461 e. The molecule has 4 nitrogen and oxygen atoms in total. The molecule has 0 aliphatic heterocycles. The third kappa shape index (κ3) is 2.52. The zero-order valence-corrected chi connectivity index (χ0v) is 12.0. The highest BCUT2D eigenvalue weighted by Gasteiger charge is 2.16. The van der Waals surface area contributed by atoms with Crippen molar-refractivity contribution in [2.75, 3.05) is 6.61 Å². The Balaban J connectivity index is 2.02. The summed E-state index contributed by atoms with van der Waals surface area (Å²) in [7, 11) is 0. The molecule has 0 unspecified atom stereocenters. The summed E-state index contributed by atoms with van der Waals surface area (Å²) in [5, 5.41) is 2.32. The molecule has 0 aliphatic carbocycles. The Hall–Kier alpha value is -2.62. The van der Waals surface area contributed by atoms with E-state index in [1.807, 2.05) is 31.2 Å². The van der Waals surface area contributed by atoms with Crippen molar-refractivity contribution in [3.05, 3.63) is 53.9 Å². The van der Waals surface area contributed by atoms with Crippen molar-refractivity contribution in [2.45, 2.75) is 13.8 Å². The van der Waals surface area contributed by atoms with Gasteiger partial charge in [0.25, 0.3) is 0 Å². The number of nitrogens with one attached hydrogen (secondary N) is 1. The maximum Gasteiger partial charge on any atom is 0.358 e. The van der Waals surface area contributed by atoms with Crippen LogP contribution in [0.15, 0.2) is 42.5 Å². The number of hydrogen-bond donors (Lipinski definition) is 1. The zero-order valence-electron chi connectivity index (χ0n) is 12.0. The highest BCUT2D eigenvalue weighted by Crippen LogP contribution is 2.23. The topological polar surface area (TPSA) is 55.0 Å². The van der Waals surface area contributed by atoms with E-state index in [1.54, 1.807) is 6.92 Å². The molecule has 2 aromatic carbocycles. The quantitative estimate of drug-likeness (QED) is 0.744. The highest BCUT2D eigenvalue weighted by molar-refractivity contribution is 5.90. The van der Waals surface area contributed by atoms with Crippen LogP contribution in [-0.4, -0.2) is 22.5 Å². The van der Waals surface area contributed by atoms with E-state index in [9.17, 15) is 4.79 Å². The first kappa shape index (κ1) is 13.4. The number of aromatic nitrogens is 2. The molecule has 0 bridgehead atoms. The van der Waals surface area contributed by atoms with Crippen LogP contribution in [0.4, 0.5) is 0 Å². The van der Waals surface area contributed by atoms with Crippen molar-refractivity contribution >= 4 is 16.7 Å². The lowest BCUT2D eigenvalue weighted by Crippen LogP contribution is -2.06. The lowest BCUT2D eigenvalue weighted by atomic mass is 10.1. The number of carbonyl (C=O) groups is 1. The summed E-state index contributed by atoms with van der Waals surface area (Å²) in [6.07, 6.45) is 0. The van der Waals surface area contributed by atoms with Gasteiger partial charge in [-0.1, -0.05) is 36.4 Å². The summed E-state index contributed by atoms with van der Waals surface area (Å²) in [6, 6.07) is 14.2. The average Bonchev–Trinajstić information content (AvgIpc) is 2.89. The molecule has 0 saturated carbocycles. The monoisotopic (exact) mass is 280 g/mol. The van der Waals surface area contributed by atoms with Crippen LogP contribution >= 0.6 is 0 Å². The molecule has 0 aliphatic rings. The number of aryl methyl sites for hydroxylation is 1. The van der Waals surface area contributed by atoms with Crippen LogP contribution < -0.4 is 0 Å². The molecule has 0 atom stereocenters. The highest BCUT2D eigenvalue weighted by atomic mass is 16.5. The molecule has 21 heavy (non-hydrogen) atoms. The normalized spacial score (nSPS) is 10.8. The molecule has 4 heteroatoms. The van der Waals surface area contributed by atoms with Gasteiger partial charge in [0.05, 0.1) is 6.61 Å². The fourth-order valence-electron chi connectivity index (χ4n) is 2.33. The molecule has 3 rings (SSSR count). The fourth-order valence-corrected chi connectivity index (χ4v) is 2.33. The summed E-state index contributed by atoms with van der Waals surface area (Å²) < 4.78 is 5.01. The maximum atomic E-state index is 11.8. The molecule has 0 spiro atoms. The van der Waals surface area contributed by atoms with Crippen molar-refractivity contribution in [1.82, 2.24) is 9.97 Å². The summed E-state index contributed by atoms with van der Waals surface area (Å²) in [6.45, 7) is 3.95. The first-order valence-electron chi connectivity index (χ1n) is 6.92. The van der Waals surface area contributed by atoms with Crippen molar-refractivity contribution in [1.29, 1.82) is 0 Å². The van der Waals surface area contributed by atoms with Crippen LogP contribution in [0, 0.1) is 6.92 Å². The van der Waals surface area contributed by atoms with Gasteiger partial charge in [-0.25, -0.2) is 9.78 Å². The first-order valence-corrected chi connectivity index (χ1v) is 6.92. The number of ether oxygens (including phenoxy) is 1. The van der Waals surface area contributed by atoms with E-state index in [-0.39, 0.29) is 0 Å². The molecular weight excluding hydrogens is 264 g/mol. The average molecular weight is 280 g/mol. The third-order valence-corrected chi connectivity index (χ3v) is 3.38. The van der Waals surface area contributed by atoms with Gasteiger partial charge in [-0.2, -0.15) is 0 Å². The summed E-state index contributed by atoms with van der Waals surface area (Å²) >= 11 is 0. The minimum atomic E-state index is -0.390. The van der Waals surface area contributed by atoms with Crippen LogP contribution in [0.2, 0.25) is 0 Å². The number of hydrogen-bond acceptors (Lipinski definition) is 3. The van der Waals surface area contributed by atoms with Crippen LogP contribution in [0.3, 0.4) is 0 Å². The summed E-state index contributed by atoms with van der Waals surface area (Å²) in [4.78, 5) is 19.3. The van der Waals surface area contributed by atoms with E-state index < -0.39 is 5.97 Å². The molecule has 1 N–H and O–H groups in total. The molecule has 0 amide bonds. The number of rotatable bonds is 3. The largest absolute Gasteiger partial charge is 0.461 e. The minimum absolute atomic E-state index is 0.344. The third-order valence-electron chi connectivity index (χ3n) is 3.38. The number of aromatic amines is 1. The first-order chi connectivity index (χ1) is 10.2. The van der Waals surface area contributed by atoms with E-state index in [1.165, 1.54) is 5.39 Å². The molecule has 0 radical (unpaired) electrons. The number of benzene rings is 2. The second kappa shape index (κ2) is 5.40. The Morgan fingerprint density at radius 3 is 2.71 bits per heavy atom. The lowest BCUT2D eigenvalue weighted by Gasteiger charge is -2.00. The second-order valence-electron chi connectivity index (χ2n) is 4.84. The van der Waals surface area contributed by atoms with Crippen LogP contribution in [-0.2, 0) is 4.74 Å². The van der Waals surface area contributed by atoms with Gasteiger partial charge in [-0.05, 0) is 30.7 Å². The fraction of sp³-hybridized carbons (Fsp3) is 0.176. The Bertz CT molecular complexity index is 805. The molecule has 1 heterocycles. The number of esters is 1. The number of H-pyrrole nitrogens is 1. The van der Waals surface area contributed by atoms with Crippen molar-refractivity contribution in [3.8, 4) is 11.4 Å². The Labute approximate surface area is 122 Å². The lowest BCUT2D eigenvalue weighted by molar-refractivity contribution is 0.0519. The Morgan fingerprint density at radius 2 is 1.95 bits per heavy atom. The van der Waals surface area contributed by atoms with E-state index >= 15 is 0 Å². The van der Waals surface area contributed by atoms with Gasteiger partial charge in [-0.3, -0.25) is 0 Å². The van der Waals surface area contributed by atoms with Crippen LogP contribution in [0.25, 0.3) is 22.2 Å². The van der Waals surface area contributed by atoms with Gasteiger partial charge in [0.15, 0.2) is 5.69 Å². The van der Waals surface area contributed by atoms with Crippen molar-refractivity contribution in [3.63, 3.8) is 0 Å². The molecule has 0 saturated heterocycles. The smallest absolute Gasteiger partial charge is 0.358 e. The zero-order chi connectivity index (χ0) is 14.8. The van der Waals surface area contributed by atoms with E-state index in [0.717, 1.165) is 16.6 Å². The van der Waals surface area contributed by atoms with Gasteiger partial charge in [-0.15, -0.1) is 0 Å². The van der Waals surface area contributed by atoms with Crippen LogP contribution in [0.1, 0.15) is 23.1 Å². The number of nitrogens with zero attached hydrogens (tertiary/aromatic N) is 1. The molecular formula is C17H16N2O2. The number of imidazole rings is 1. The Kier molecular flexibility index (Phi) is 3.44. The van der Waals surface area contributed by atoms with Crippen molar-refractivity contribution in [2.24, 2.45) is 0 Å². The predicted molar refractivity (Wildman–Crippen MR) is 82.2 cm³/mol. The SMILES string of the molecule is CCOC(=O)c1nc(-c2ccc3ccccc3c2)[nH]c1C. The Morgan fingerprint density at radius 1 is 1.19 bits per heavy atom.